The number of esters is 1. The van der Waals surface area contributed by atoms with E-state index in [4.69, 9.17) is 9.84 Å². The molecule has 0 spiro atoms. The first-order valence-corrected chi connectivity index (χ1v) is 9.36. The molecule has 13 heteroatoms. The minimum atomic E-state index is -5.15. The number of carbonyl (C=O) groups excluding carboxylic acids is 2. The maximum absolute atomic E-state index is 12.3. The maximum atomic E-state index is 12.3. The molecule has 0 aromatic carbocycles. The van der Waals surface area contributed by atoms with E-state index in [1.165, 1.54) is 27.0 Å². The maximum Gasteiger partial charge on any atom is 0.426 e. The highest BCUT2D eigenvalue weighted by Gasteiger charge is 2.42. The third-order valence-electron chi connectivity index (χ3n) is 3.12. The molecule has 1 heterocycles. The molecule has 0 saturated carbocycles. The van der Waals surface area contributed by atoms with Crippen LogP contribution in [-0.2, 0) is 37.5 Å². The van der Waals surface area contributed by atoms with Gasteiger partial charge >= 0.3 is 22.4 Å². The van der Waals surface area contributed by atoms with Gasteiger partial charge in [-0.2, -0.15) is 12.7 Å². The molecule has 1 amide bonds. The van der Waals surface area contributed by atoms with Crippen molar-refractivity contribution in [3.8, 4) is 0 Å². The Bertz CT molecular complexity index is 755. The van der Waals surface area contributed by atoms with Crippen molar-refractivity contribution in [2.45, 2.75) is 51.8 Å². The second-order valence-corrected chi connectivity index (χ2v) is 7.84. The van der Waals surface area contributed by atoms with E-state index in [0.717, 1.165) is 11.8 Å². The Labute approximate surface area is 156 Å². The number of hydrogen-bond donors (Lipinski definition) is 2. The highest BCUT2D eigenvalue weighted by Crippen LogP contribution is 2.17. The number of nitrogens with zero attached hydrogens (tertiary/aromatic N) is 4. The first-order valence-electron chi connectivity index (χ1n) is 7.96. The lowest BCUT2D eigenvalue weighted by molar-refractivity contribution is -0.145. The Morgan fingerprint density at radius 2 is 2.00 bits per heavy atom. The number of methoxy groups -OCH3 is 1. The van der Waals surface area contributed by atoms with Crippen molar-refractivity contribution in [2.75, 3.05) is 13.7 Å². The third kappa shape index (κ3) is 7.11. The van der Waals surface area contributed by atoms with Gasteiger partial charge in [0.1, 0.15) is 5.60 Å². The normalized spacial score (nSPS) is 13.1. The lowest BCUT2D eigenvalue weighted by Crippen LogP contribution is -2.52. The first kappa shape index (κ1) is 22.8. The van der Waals surface area contributed by atoms with Crippen LogP contribution in [0.2, 0.25) is 0 Å². The summed E-state index contributed by atoms with van der Waals surface area (Å²) < 4.78 is 43.5. The summed E-state index contributed by atoms with van der Waals surface area (Å²) in [5.74, 6) is -1.11. The van der Waals surface area contributed by atoms with E-state index >= 15 is 0 Å². The summed E-state index contributed by atoms with van der Waals surface area (Å²) in [6.45, 7) is 3.96. The Kier molecular flexibility index (Phi) is 7.68. The molecule has 0 fully saturated rings. The molecule has 27 heavy (non-hydrogen) atoms. The largest absolute Gasteiger partial charge is 0.467 e. The highest BCUT2D eigenvalue weighted by molar-refractivity contribution is 7.84. The van der Waals surface area contributed by atoms with Crippen molar-refractivity contribution in [3.05, 3.63) is 11.9 Å². The van der Waals surface area contributed by atoms with Crippen LogP contribution in [0.4, 0.5) is 4.79 Å². The lowest BCUT2D eigenvalue weighted by Gasteiger charge is -2.29. The van der Waals surface area contributed by atoms with Gasteiger partial charge in [0, 0.05) is 12.8 Å². The number of amides is 1. The zero-order chi connectivity index (χ0) is 20.8. The van der Waals surface area contributed by atoms with E-state index in [1.54, 1.807) is 0 Å². The van der Waals surface area contributed by atoms with E-state index in [9.17, 15) is 22.6 Å². The van der Waals surface area contributed by atoms with E-state index in [-0.39, 0.29) is 10.9 Å². The minimum absolute atomic E-state index is 0.0488. The molecule has 0 aliphatic heterocycles. The molecule has 0 unspecified atom stereocenters. The van der Waals surface area contributed by atoms with Gasteiger partial charge < -0.3 is 14.6 Å². The van der Waals surface area contributed by atoms with Gasteiger partial charge in [0.15, 0.2) is 6.04 Å². The van der Waals surface area contributed by atoms with Crippen LogP contribution < -0.4 is 0 Å². The Morgan fingerprint density at radius 1 is 1.37 bits per heavy atom. The Hall–Kier alpha value is -2.25. The fourth-order valence-electron chi connectivity index (χ4n) is 2.05. The van der Waals surface area contributed by atoms with E-state index in [2.05, 4.69) is 15.0 Å². The van der Waals surface area contributed by atoms with Crippen LogP contribution in [0.25, 0.3) is 0 Å². The number of aliphatic hydroxyl groups is 1. The second kappa shape index (κ2) is 9.10. The van der Waals surface area contributed by atoms with Crippen LogP contribution in [-0.4, -0.2) is 74.8 Å². The molecule has 0 aliphatic carbocycles. The van der Waals surface area contributed by atoms with E-state index < -0.39 is 40.6 Å². The summed E-state index contributed by atoms with van der Waals surface area (Å²) in [7, 11) is -4.15. The fourth-order valence-corrected chi connectivity index (χ4v) is 2.75. The monoisotopic (exact) mass is 408 g/mol. The van der Waals surface area contributed by atoms with Gasteiger partial charge in [-0.05, 0) is 33.6 Å². The van der Waals surface area contributed by atoms with Crippen molar-refractivity contribution in [2.24, 2.45) is 0 Å². The number of aromatic nitrogens is 3. The van der Waals surface area contributed by atoms with Crippen molar-refractivity contribution in [1.82, 2.24) is 19.3 Å². The zero-order valence-corrected chi connectivity index (χ0v) is 16.3. The average molecular weight is 408 g/mol. The summed E-state index contributed by atoms with van der Waals surface area (Å²) in [6.07, 6.45) is 0.825. The Morgan fingerprint density at radius 3 is 2.48 bits per heavy atom. The van der Waals surface area contributed by atoms with Crippen molar-refractivity contribution in [3.63, 3.8) is 0 Å². The number of aryl methyl sites for hydroxylation is 1. The molecule has 0 radical (unpaired) electrons. The molecular formula is C14H24N4O8S. The van der Waals surface area contributed by atoms with E-state index in [1.807, 2.05) is 0 Å². The molecule has 12 nitrogen and oxygen atoms in total. The molecule has 154 valence electrons. The summed E-state index contributed by atoms with van der Waals surface area (Å²) in [5.41, 5.74) is -0.589. The van der Waals surface area contributed by atoms with Crippen molar-refractivity contribution >= 4 is 22.4 Å². The summed E-state index contributed by atoms with van der Waals surface area (Å²) >= 11 is 0. The van der Waals surface area contributed by atoms with Gasteiger partial charge in [-0.1, -0.05) is 5.21 Å². The Balaban J connectivity index is 3.18. The second-order valence-electron chi connectivity index (χ2n) is 6.55. The highest BCUT2D eigenvalue weighted by atomic mass is 32.2. The number of rotatable bonds is 8. The van der Waals surface area contributed by atoms with Gasteiger partial charge in [0.2, 0.25) is 0 Å². The molecule has 1 atom stereocenters. The number of aliphatic hydroxyl groups excluding tert-OH is 1. The van der Waals surface area contributed by atoms with Crippen LogP contribution in [0, 0.1) is 0 Å². The van der Waals surface area contributed by atoms with Gasteiger partial charge in [-0.25, -0.2) is 14.3 Å². The molecule has 2 N–H and O–H groups in total. The molecule has 1 aromatic rings. The third-order valence-corrected chi connectivity index (χ3v) is 4.02. The van der Waals surface area contributed by atoms with Crippen LogP contribution >= 0.6 is 0 Å². The smallest absolute Gasteiger partial charge is 0.426 e. The van der Waals surface area contributed by atoms with Crippen LogP contribution in [0.1, 0.15) is 32.9 Å². The van der Waals surface area contributed by atoms with Gasteiger partial charge in [-0.3, -0.25) is 4.55 Å². The quantitative estimate of drug-likeness (QED) is 0.434. The lowest BCUT2D eigenvalue weighted by atomic mass is 10.2. The fraction of sp³-hybridized carbons (Fsp3) is 0.714. The molecular weight excluding hydrogens is 384 g/mol. The molecule has 0 saturated heterocycles. The standard InChI is InChI=1S/C14H24N4O8S/c1-14(2,3)26-13(21)18(27(22,23)24)11(12(20)25-4)9-17-8-10(15-16-17)6-5-7-19/h8,11,19H,5-7,9H2,1-4H3,(H,22,23,24)/t11-/m0/s1. The molecule has 0 bridgehead atoms. The molecule has 1 aromatic heterocycles. The molecule has 1 rings (SSSR count). The minimum Gasteiger partial charge on any atom is -0.467 e. The number of hydrogen-bond acceptors (Lipinski definition) is 9. The number of carbonyl (C=O) groups is 2. The van der Waals surface area contributed by atoms with Crippen LogP contribution in [0.5, 0.6) is 0 Å². The summed E-state index contributed by atoms with van der Waals surface area (Å²) in [6, 6.07) is -1.77. The van der Waals surface area contributed by atoms with Crippen LogP contribution in [0.15, 0.2) is 6.20 Å². The first-order chi connectivity index (χ1) is 12.4. The topological polar surface area (TPSA) is 161 Å². The van der Waals surface area contributed by atoms with E-state index in [0.29, 0.717) is 18.5 Å². The summed E-state index contributed by atoms with van der Waals surface area (Å²) in [5, 5.41) is 16.4. The average Bonchev–Trinajstić information content (AvgIpc) is 2.95. The number of ether oxygens (including phenoxy) is 2. The zero-order valence-electron chi connectivity index (χ0n) is 15.5. The SMILES string of the molecule is COC(=O)[C@H](Cn1cc(CCCO)nn1)N(C(=O)OC(C)(C)C)S(=O)(=O)O. The van der Waals surface area contributed by atoms with Crippen molar-refractivity contribution < 1.29 is 37.1 Å². The predicted molar refractivity (Wildman–Crippen MR) is 90.9 cm³/mol. The van der Waals surface area contributed by atoms with Crippen LogP contribution in [0.3, 0.4) is 0 Å². The van der Waals surface area contributed by atoms with Gasteiger partial charge in [-0.15, -0.1) is 5.10 Å². The summed E-state index contributed by atoms with van der Waals surface area (Å²) in [4.78, 5) is 24.4. The molecule has 0 aliphatic rings. The van der Waals surface area contributed by atoms with Gasteiger partial charge in [0.25, 0.3) is 0 Å². The van der Waals surface area contributed by atoms with Crippen molar-refractivity contribution in [1.29, 1.82) is 0 Å². The predicted octanol–water partition coefficient (Wildman–Crippen LogP) is -0.215. The van der Waals surface area contributed by atoms with Gasteiger partial charge in [0.05, 0.1) is 19.3 Å².